The van der Waals surface area contributed by atoms with E-state index in [1.54, 1.807) is 0 Å². The van der Waals surface area contributed by atoms with Crippen LogP contribution in [0.1, 0.15) is 120 Å². The first-order valence-electron chi connectivity index (χ1n) is 15.2. The first-order chi connectivity index (χ1) is 16.9. The number of hydrogen-bond donors (Lipinski definition) is 2. The zero-order valence-electron chi connectivity index (χ0n) is 25.0. The molecule has 212 valence electrons. The number of aliphatic hydroxyl groups excluding tert-OH is 1. The molecule has 0 radical (unpaired) electrons. The smallest absolute Gasteiger partial charge is 0.302 e. The van der Waals surface area contributed by atoms with Crippen LogP contribution in [0.4, 0.5) is 0 Å². The van der Waals surface area contributed by atoms with Gasteiger partial charge in [-0.15, -0.1) is 0 Å². The third-order valence-electron chi connectivity index (χ3n) is 13.5. The molecule has 4 saturated carbocycles. The van der Waals surface area contributed by atoms with Gasteiger partial charge in [-0.3, -0.25) is 4.79 Å². The average Bonchev–Trinajstić information content (AvgIpc) is 3.32. The molecule has 0 aromatic heterocycles. The van der Waals surface area contributed by atoms with Crippen LogP contribution in [0.25, 0.3) is 0 Å². The number of ether oxygens (including phenoxy) is 2. The number of carbonyl (C=O) groups excluding carboxylic acids is 1. The summed E-state index contributed by atoms with van der Waals surface area (Å²) in [5.74, 6) is 1.34. The van der Waals surface area contributed by atoms with Gasteiger partial charge in [0.2, 0.25) is 0 Å². The maximum atomic E-state index is 12.1. The van der Waals surface area contributed by atoms with Crippen molar-refractivity contribution in [1.29, 1.82) is 0 Å². The van der Waals surface area contributed by atoms with Crippen LogP contribution in [-0.2, 0) is 14.3 Å². The molecular weight excluding hydrogens is 464 g/mol. The van der Waals surface area contributed by atoms with Crippen molar-refractivity contribution < 1.29 is 24.5 Å². The Balaban J connectivity index is 1.46. The van der Waals surface area contributed by atoms with E-state index in [4.69, 9.17) is 9.47 Å². The monoisotopic (exact) mass is 518 g/mol. The zero-order valence-corrected chi connectivity index (χ0v) is 25.0. The molecule has 37 heavy (non-hydrogen) atoms. The van der Waals surface area contributed by atoms with Gasteiger partial charge in [0.15, 0.2) is 0 Å². The van der Waals surface area contributed by atoms with E-state index in [1.165, 1.54) is 13.3 Å². The van der Waals surface area contributed by atoms with Crippen molar-refractivity contribution in [2.24, 2.45) is 45.3 Å². The Bertz CT molecular complexity index is 923. The number of aliphatic hydroxyl groups is 2. The van der Waals surface area contributed by atoms with Crippen molar-refractivity contribution in [1.82, 2.24) is 0 Å². The maximum Gasteiger partial charge on any atom is 0.302 e. The van der Waals surface area contributed by atoms with Gasteiger partial charge in [0, 0.05) is 12.3 Å². The van der Waals surface area contributed by atoms with E-state index in [1.807, 2.05) is 13.8 Å². The highest BCUT2D eigenvalue weighted by atomic mass is 16.5. The van der Waals surface area contributed by atoms with E-state index in [-0.39, 0.29) is 57.5 Å². The van der Waals surface area contributed by atoms with E-state index in [9.17, 15) is 15.0 Å². The Morgan fingerprint density at radius 2 is 1.54 bits per heavy atom. The van der Waals surface area contributed by atoms with Crippen LogP contribution in [0.3, 0.4) is 0 Å². The Hall–Kier alpha value is -0.650. The van der Waals surface area contributed by atoms with E-state index >= 15 is 0 Å². The zero-order chi connectivity index (χ0) is 27.4. The molecule has 5 aliphatic rings. The molecule has 0 aromatic rings. The third kappa shape index (κ3) is 3.83. The lowest BCUT2D eigenvalue weighted by Gasteiger charge is -2.71. The van der Waals surface area contributed by atoms with Gasteiger partial charge in [0.1, 0.15) is 6.10 Å². The maximum absolute atomic E-state index is 12.1. The summed E-state index contributed by atoms with van der Waals surface area (Å²) in [7, 11) is 0. The standard InChI is InChI=1S/C32H54O5/c1-19(33)36-24-12-14-29(6)23(27(24,2)3)11-16-31(8)26(29)22(34)18-21-20(10-15-30(21,31)7)32(9)17-13-25(37-32)28(4,5)35/h20-26,34-35H,10-18H2,1-9H3/t20-,21?,22+,23?,24+,25-,26?,29-,30+,31+,32?/m0/s1. The van der Waals surface area contributed by atoms with Gasteiger partial charge >= 0.3 is 5.97 Å². The molecule has 5 rings (SSSR count). The Labute approximate surface area is 225 Å². The molecule has 5 nitrogen and oxygen atoms in total. The molecule has 1 aliphatic heterocycles. The van der Waals surface area contributed by atoms with Crippen molar-refractivity contribution in [2.75, 3.05) is 0 Å². The van der Waals surface area contributed by atoms with Crippen LogP contribution in [0.2, 0.25) is 0 Å². The molecule has 11 atom stereocenters. The topological polar surface area (TPSA) is 76.0 Å². The van der Waals surface area contributed by atoms with Gasteiger partial charge in [-0.1, -0.05) is 34.6 Å². The van der Waals surface area contributed by atoms with Crippen LogP contribution in [0.5, 0.6) is 0 Å². The molecule has 2 N–H and O–H groups in total. The van der Waals surface area contributed by atoms with Crippen molar-refractivity contribution in [3.8, 4) is 0 Å². The van der Waals surface area contributed by atoms with Gasteiger partial charge < -0.3 is 19.7 Å². The van der Waals surface area contributed by atoms with Crippen LogP contribution >= 0.6 is 0 Å². The highest BCUT2D eigenvalue weighted by Gasteiger charge is 2.72. The Morgan fingerprint density at radius 3 is 2.14 bits per heavy atom. The summed E-state index contributed by atoms with van der Waals surface area (Å²) in [4.78, 5) is 11.9. The van der Waals surface area contributed by atoms with E-state index < -0.39 is 5.60 Å². The summed E-state index contributed by atoms with van der Waals surface area (Å²) in [6.45, 7) is 19.7. The lowest BCUT2D eigenvalue weighted by Crippen LogP contribution is -2.67. The summed E-state index contributed by atoms with van der Waals surface area (Å²) in [6, 6.07) is 0. The summed E-state index contributed by atoms with van der Waals surface area (Å²) >= 11 is 0. The molecule has 5 heteroatoms. The van der Waals surface area contributed by atoms with Gasteiger partial charge in [-0.05, 0) is 118 Å². The van der Waals surface area contributed by atoms with Crippen molar-refractivity contribution in [3.05, 3.63) is 0 Å². The molecule has 1 heterocycles. The predicted molar refractivity (Wildman–Crippen MR) is 145 cm³/mol. The predicted octanol–water partition coefficient (Wildman–Crippen LogP) is 6.28. The molecule has 0 bridgehead atoms. The first kappa shape index (κ1) is 27.9. The lowest BCUT2D eigenvalue weighted by atomic mass is 9.35. The fourth-order valence-electron chi connectivity index (χ4n) is 11.6. The third-order valence-corrected chi connectivity index (χ3v) is 13.5. The van der Waals surface area contributed by atoms with E-state index in [0.717, 1.165) is 51.4 Å². The summed E-state index contributed by atoms with van der Waals surface area (Å²) in [5, 5.41) is 22.7. The van der Waals surface area contributed by atoms with Gasteiger partial charge in [-0.2, -0.15) is 0 Å². The highest BCUT2D eigenvalue weighted by Crippen LogP contribution is 2.76. The molecule has 4 unspecified atom stereocenters. The molecule has 1 saturated heterocycles. The lowest BCUT2D eigenvalue weighted by molar-refractivity contribution is -0.259. The van der Waals surface area contributed by atoms with Crippen LogP contribution in [-0.4, -0.2) is 45.7 Å². The largest absolute Gasteiger partial charge is 0.462 e. The SMILES string of the molecule is CC(=O)O[C@@H]1CC[C@@]2(C)C(CC[C@]3(C)C2[C@H](O)CC2[C@@H](C4(C)CC[C@@H](C(C)(C)O)O4)CC[C@]23C)C1(C)C. The quantitative estimate of drug-likeness (QED) is 0.430. The van der Waals surface area contributed by atoms with Crippen molar-refractivity contribution in [2.45, 2.75) is 150 Å². The molecular formula is C32H54O5. The summed E-state index contributed by atoms with van der Waals surface area (Å²) in [6.07, 6.45) is 8.72. The first-order valence-corrected chi connectivity index (χ1v) is 15.2. The second-order valence-electron chi connectivity index (χ2n) is 16.0. The molecule has 4 aliphatic carbocycles. The second kappa shape index (κ2) is 8.43. The average molecular weight is 519 g/mol. The fourth-order valence-corrected chi connectivity index (χ4v) is 11.6. The molecule has 5 fully saturated rings. The number of fused-ring (bicyclic) bond motifs is 5. The second-order valence-corrected chi connectivity index (χ2v) is 16.0. The van der Waals surface area contributed by atoms with Crippen LogP contribution in [0.15, 0.2) is 0 Å². The molecule has 0 spiro atoms. The number of carbonyl (C=O) groups is 1. The van der Waals surface area contributed by atoms with Crippen LogP contribution in [0, 0.1) is 45.3 Å². The summed E-state index contributed by atoms with van der Waals surface area (Å²) < 4.78 is 12.6. The van der Waals surface area contributed by atoms with E-state index in [0.29, 0.717) is 17.8 Å². The van der Waals surface area contributed by atoms with Gasteiger partial charge in [0.05, 0.1) is 23.4 Å². The van der Waals surface area contributed by atoms with E-state index in [2.05, 4.69) is 41.5 Å². The van der Waals surface area contributed by atoms with Gasteiger partial charge in [0.25, 0.3) is 0 Å². The minimum Gasteiger partial charge on any atom is -0.462 e. The Morgan fingerprint density at radius 1 is 0.892 bits per heavy atom. The number of hydrogen-bond acceptors (Lipinski definition) is 5. The minimum absolute atomic E-state index is 0.0262. The van der Waals surface area contributed by atoms with Crippen molar-refractivity contribution in [3.63, 3.8) is 0 Å². The van der Waals surface area contributed by atoms with Crippen molar-refractivity contribution >= 4 is 5.97 Å². The number of rotatable bonds is 3. The molecule has 0 aromatic carbocycles. The summed E-state index contributed by atoms with van der Waals surface area (Å²) in [5.41, 5.74) is -0.921. The fraction of sp³-hybridized carbons (Fsp3) is 0.969. The van der Waals surface area contributed by atoms with Gasteiger partial charge in [-0.25, -0.2) is 0 Å². The Kier molecular flexibility index (Phi) is 6.35. The minimum atomic E-state index is -0.826. The molecule has 0 amide bonds. The highest BCUT2D eigenvalue weighted by molar-refractivity contribution is 5.66. The number of esters is 1. The normalized spacial score (nSPS) is 53.2. The van der Waals surface area contributed by atoms with Crippen LogP contribution < -0.4 is 0 Å².